The summed E-state index contributed by atoms with van der Waals surface area (Å²) in [6, 6.07) is 3.11. The lowest BCUT2D eigenvalue weighted by atomic mass is 10.2. The van der Waals surface area contributed by atoms with Gasteiger partial charge in [-0.2, -0.15) is 0 Å². The van der Waals surface area contributed by atoms with Crippen LogP contribution < -0.4 is 4.90 Å². The number of anilines is 1. The van der Waals surface area contributed by atoms with Crippen molar-refractivity contribution < 1.29 is 4.92 Å². The second kappa shape index (κ2) is 6.08. The topological polar surface area (TPSA) is 90.0 Å². The molecule has 0 fully saturated rings. The number of nitrogens with zero attached hydrogens (tertiary/aromatic N) is 6. The summed E-state index contributed by atoms with van der Waals surface area (Å²) in [5, 5.41) is 19.2. The van der Waals surface area contributed by atoms with E-state index < -0.39 is 4.92 Å². The van der Waals surface area contributed by atoms with Crippen LogP contribution >= 0.6 is 0 Å². The van der Waals surface area contributed by atoms with Crippen molar-refractivity contribution in [1.82, 2.24) is 19.7 Å². The first-order chi connectivity index (χ1) is 10.6. The van der Waals surface area contributed by atoms with Gasteiger partial charge >= 0.3 is 0 Å². The van der Waals surface area contributed by atoms with Crippen LogP contribution in [0.25, 0.3) is 0 Å². The Balaban J connectivity index is 1.75. The maximum Gasteiger partial charge on any atom is 0.287 e. The highest BCUT2D eigenvalue weighted by Crippen LogP contribution is 2.18. The Morgan fingerprint density at radius 3 is 2.91 bits per heavy atom. The van der Waals surface area contributed by atoms with Gasteiger partial charge in [0.05, 0.1) is 11.5 Å². The monoisotopic (exact) mass is 302 g/mol. The maximum absolute atomic E-state index is 10.7. The normalized spacial score (nSPS) is 14.2. The number of aromatic nitrogens is 4. The summed E-state index contributed by atoms with van der Waals surface area (Å²) in [4.78, 5) is 16.3. The third kappa shape index (κ3) is 2.90. The van der Waals surface area contributed by atoms with E-state index in [-0.39, 0.29) is 5.69 Å². The predicted molar refractivity (Wildman–Crippen MR) is 80.6 cm³/mol. The van der Waals surface area contributed by atoms with Crippen molar-refractivity contribution in [2.45, 2.75) is 38.8 Å². The van der Waals surface area contributed by atoms with E-state index in [0.29, 0.717) is 12.4 Å². The van der Waals surface area contributed by atoms with Crippen molar-refractivity contribution in [3.05, 3.63) is 40.1 Å². The molecule has 0 spiro atoms. The minimum atomic E-state index is -0.449. The lowest BCUT2D eigenvalue weighted by molar-refractivity contribution is -0.385. The fourth-order valence-corrected chi connectivity index (χ4v) is 2.67. The molecular formula is C14H18N6O2. The second-order valence-corrected chi connectivity index (χ2v) is 5.48. The van der Waals surface area contributed by atoms with Crippen LogP contribution in [-0.4, -0.2) is 31.7 Å². The molecule has 1 aliphatic rings. The molecule has 0 atom stereocenters. The standard InChI is InChI=1S/C14H18N6O2/c1-18(12-7-6-11(9-15-12)20(21)22)10-14-17-16-13-5-3-2-4-8-19(13)14/h6-7,9H,2-5,8,10H2,1H3. The lowest BCUT2D eigenvalue weighted by Gasteiger charge is -2.18. The van der Waals surface area contributed by atoms with E-state index in [9.17, 15) is 10.1 Å². The lowest BCUT2D eigenvalue weighted by Crippen LogP contribution is -2.21. The molecule has 2 aromatic heterocycles. The van der Waals surface area contributed by atoms with Gasteiger partial charge in [-0.25, -0.2) is 4.98 Å². The summed E-state index contributed by atoms with van der Waals surface area (Å²) in [5.74, 6) is 2.65. The summed E-state index contributed by atoms with van der Waals surface area (Å²) in [5.41, 5.74) is -0.00602. The molecule has 2 aromatic rings. The number of nitro groups is 1. The summed E-state index contributed by atoms with van der Waals surface area (Å²) in [6.45, 7) is 1.54. The number of fused-ring (bicyclic) bond motifs is 1. The minimum Gasteiger partial charge on any atom is -0.352 e. The third-order valence-corrected chi connectivity index (χ3v) is 3.90. The van der Waals surface area contributed by atoms with Gasteiger partial charge in [0.2, 0.25) is 0 Å². The van der Waals surface area contributed by atoms with Gasteiger partial charge in [0, 0.05) is 26.1 Å². The highest BCUT2D eigenvalue weighted by Gasteiger charge is 2.16. The van der Waals surface area contributed by atoms with Crippen molar-refractivity contribution in [2.75, 3.05) is 11.9 Å². The van der Waals surface area contributed by atoms with Gasteiger partial charge in [0.25, 0.3) is 5.69 Å². The fourth-order valence-electron chi connectivity index (χ4n) is 2.67. The number of rotatable bonds is 4. The zero-order valence-corrected chi connectivity index (χ0v) is 12.5. The molecule has 3 rings (SSSR count). The predicted octanol–water partition coefficient (Wildman–Crippen LogP) is 1.94. The van der Waals surface area contributed by atoms with Crippen LogP contribution in [-0.2, 0) is 19.5 Å². The van der Waals surface area contributed by atoms with Crippen molar-refractivity contribution in [3.63, 3.8) is 0 Å². The van der Waals surface area contributed by atoms with Crippen LogP contribution in [0.5, 0.6) is 0 Å². The van der Waals surface area contributed by atoms with Crippen molar-refractivity contribution in [2.24, 2.45) is 0 Å². The Hall–Kier alpha value is -2.51. The molecule has 0 saturated carbocycles. The molecule has 0 N–H and O–H groups in total. The quantitative estimate of drug-likeness (QED) is 0.633. The Bertz CT molecular complexity index is 666. The van der Waals surface area contributed by atoms with Gasteiger partial charge in [-0.1, -0.05) is 6.42 Å². The molecule has 8 heteroatoms. The van der Waals surface area contributed by atoms with E-state index in [0.717, 1.165) is 37.5 Å². The van der Waals surface area contributed by atoms with E-state index in [1.165, 1.54) is 18.7 Å². The third-order valence-electron chi connectivity index (χ3n) is 3.90. The molecule has 0 aromatic carbocycles. The van der Waals surface area contributed by atoms with Gasteiger partial charge in [0.1, 0.15) is 17.8 Å². The van der Waals surface area contributed by atoms with Crippen molar-refractivity contribution >= 4 is 11.5 Å². The van der Waals surface area contributed by atoms with Crippen LogP contribution in [0.1, 0.15) is 30.9 Å². The summed E-state index contributed by atoms with van der Waals surface area (Å²) >= 11 is 0. The van der Waals surface area contributed by atoms with Crippen LogP contribution in [0, 0.1) is 10.1 Å². The zero-order chi connectivity index (χ0) is 15.5. The first-order valence-electron chi connectivity index (χ1n) is 7.37. The van der Waals surface area contributed by atoms with Crippen LogP contribution in [0.4, 0.5) is 11.5 Å². The summed E-state index contributed by atoms with van der Waals surface area (Å²) in [6.07, 6.45) is 5.79. The minimum absolute atomic E-state index is 0.00602. The van der Waals surface area contributed by atoms with Gasteiger partial charge in [-0.15, -0.1) is 10.2 Å². The van der Waals surface area contributed by atoms with Crippen molar-refractivity contribution in [3.8, 4) is 0 Å². The Kier molecular flexibility index (Phi) is 3.99. The maximum atomic E-state index is 10.7. The molecule has 0 aliphatic carbocycles. The molecule has 0 saturated heterocycles. The van der Waals surface area contributed by atoms with E-state index in [1.807, 2.05) is 11.9 Å². The van der Waals surface area contributed by atoms with Gasteiger partial charge in [-0.3, -0.25) is 10.1 Å². The molecule has 0 radical (unpaired) electrons. The highest BCUT2D eigenvalue weighted by atomic mass is 16.6. The summed E-state index contributed by atoms with van der Waals surface area (Å²) < 4.78 is 2.19. The van der Waals surface area contributed by atoms with Gasteiger partial charge in [0.15, 0.2) is 5.82 Å². The van der Waals surface area contributed by atoms with E-state index in [2.05, 4.69) is 19.7 Å². The number of aryl methyl sites for hydroxylation is 1. The van der Waals surface area contributed by atoms with E-state index in [1.54, 1.807) is 6.07 Å². The Morgan fingerprint density at radius 2 is 2.18 bits per heavy atom. The Morgan fingerprint density at radius 1 is 1.32 bits per heavy atom. The molecule has 1 aliphatic heterocycles. The average molecular weight is 302 g/mol. The van der Waals surface area contributed by atoms with Gasteiger partial charge in [-0.05, 0) is 18.9 Å². The van der Waals surface area contributed by atoms with E-state index >= 15 is 0 Å². The first-order valence-corrected chi connectivity index (χ1v) is 7.37. The zero-order valence-electron chi connectivity index (χ0n) is 12.5. The molecule has 0 unspecified atom stereocenters. The second-order valence-electron chi connectivity index (χ2n) is 5.48. The number of pyridine rings is 1. The molecule has 22 heavy (non-hydrogen) atoms. The molecule has 3 heterocycles. The number of hydrogen-bond donors (Lipinski definition) is 0. The smallest absolute Gasteiger partial charge is 0.287 e. The van der Waals surface area contributed by atoms with E-state index in [4.69, 9.17) is 0 Å². The summed E-state index contributed by atoms with van der Waals surface area (Å²) in [7, 11) is 1.90. The number of hydrogen-bond acceptors (Lipinski definition) is 6. The molecular weight excluding hydrogens is 284 g/mol. The highest BCUT2D eigenvalue weighted by molar-refractivity contribution is 5.42. The van der Waals surface area contributed by atoms with Crippen molar-refractivity contribution in [1.29, 1.82) is 0 Å². The van der Waals surface area contributed by atoms with Crippen LogP contribution in [0.2, 0.25) is 0 Å². The van der Waals surface area contributed by atoms with Crippen LogP contribution in [0.3, 0.4) is 0 Å². The fraction of sp³-hybridized carbons (Fsp3) is 0.500. The van der Waals surface area contributed by atoms with Crippen LogP contribution in [0.15, 0.2) is 18.3 Å². The van der Waals surface area contributed by atoms with Gasteiger partial charge < -0.3 is 9.47 Å². The molecule has 0 bridgehead atoms. The molecule has 116 valence electrons. The average Bonchev–Trinajstić information content (AvgIpc) is 2.75. The SMILES string of the molecule is CN(Cc1nnc2n1CCCCC2)c1ccc([N+](=O)[O-])cn1. The first kappa shape index (κ1) is 14.4. The molecule has 0 amide bonds. The molecule has 8 nitrogen and oxygen atoms in total. The largest absolute Gasteiger partial charge is 0.352 e. The Labute approximate surface area is 127 Å².